The predicted octanol–water partition coefficient (Wildman–Crippen LogP) is 0.676. The first-order chi connectivity index (χ1) is 29.6. The van der Waals surface area contributed by atoms with E-state index < -0.39 is 63.7 Å². The van der Waals surface area contributed by atoms with E-state index in [2.05, 4.69) is 20.0 Å². The molecule has 18 heteroatoms. The fourth-order valence-electron chi connectivity index (χ4n) is 7.84. The monoisotopic (exact) mass is 870 g/mol. The number of phenolic OH excluding ortho intramolecular Hbond substituents is 3. The molecule has 3 aromatic rings. The number of aliphatic hydroxyl groups is 6. The summed E-state index contributed by atoms with van der Waals surface area (Å²) in [6, 6.07) is 7.55. The normalized spacial score (nSPS) is 15.0. The molecular weight excluding hydrogens is 805 g/mol. The Labute approximate surface area is 362 Å². The highest BCUT2D eigenvalue weighted by Crippen LogP contribution is 2.30. The van der Waals surface area contributed by atoms with E-state index in [1.807, 2.05) is 39.0 Å². The van der Waals surface area contributed by atoms with E-state index in [1.54, 1.807) is 18.2 Å². The summed E-state index contributed by atoms with van der Waals surface area (Å²) in [6.45, 7) is 6.43. The summed E-state index contributed by atoms with van der Waals surface area (Å²) in [5.41, 5.74) is 4.87. The number of aliphatic hydroxyl groups excluding tert-OH is 6. The van der Waals surface area contributed by atoms with Gasteiger partial charge in [-0.3, -0.25) is 19.5 Å². The fourth-order valence-corrected chi connectivity index (χ4v) is 7.84. The molecule has 1 aliphatic heterocycles. The first kappa shape index (κ1) is 50.0. The number of aromatic hydroxyl groups is 3. The van der Waals surface area contributed by atoms with Crippen molar-refractivity contribution in [3.8, 4) is 17.2 Å². The summed E-state index contributed by atoms with van der Waals surface area (Å²) in [5.74, 6) is -0.927. The van der Waals surface area contributed by atoms with Crippen molar-refractivity contribution in [2.24, 2.45) is 0 Å². The second kappa shape index (κ2) is 24.3. The lowest BCUT2D eigenvalue weighted by molar-refractivity contribution is -0.605. The van der Waals surface area contributed by atoms with Gasteiger partial charge < -0.3 is 51.3 Å². The maximum absolute atomic E-state index is 13.2. The molecule has 342 valence electrons. The number of nitroso groups, excluding NO2 is 2. The van der Waals surface area contributed by atoms with Gasteiger partial charge in [0.25, 0.3) is 5.91 Å². The van der Waals surface area contributed by atoms with E-state index in [0.717, 1.165) is 16.7 Å². The van der Waals surface area contributed by atoms with Gasteiger partial charge in [-0.1, -0.05) is 29.3 Å². The Morgan fingerprint density at radius 2 is 0.871 bits per heavy atom. The van der Waals surface area contributed by atoms with Gasteiger partial charge in [-0.15, -0.1) is 0 Å². The number of nitrogens with one attached hydrogen (secondary N) is 1. The Kier molecular flexibility index (Phi) is 19.6. The summed E-state index contributed by atoms with van der Waals surface area (Å²) >= 11 is 0. The number of hydrogen-bond acceptors (Lipinski definition) is 15. The van der Waals surface area contributed by atoms with Gasteiger partial charge in [0.05, 0.1) is 35.9 Å². The summed E-state index contributed by atoms with van der Waals surface area (Å²) in [6.07, 6.45) is 1.39. The van der Waals surface area contributed by atoms with Gasteiger partial charge in [0, 0.05) is 68.7 Å². The minimum absolute atomic E-state index is 0.0184. The molecule has 0 radical (unpaired) electrons. The molecular formula is C44H66N6O12+2. The molecule has 62 heavy (non-hydrogen) atoms. The molecule has 0 spiro atoms. The van der Waals surface area contributed by atoms with Gasteiger partial charge in [-0.25, -0.2) is 0 Å². The maximum Gasteiger partial charge on any atom is 0.255 e. The number of benzene rings is 3. The standard InChI is InChI=1S/C44H64N6O12/c1-29-12-32(41(57)35(14-29)21-49(61)38(25-53)26-54)18-46-6-4-8-47(19-33-13-30(2)15-36(42(33)58)22-50(62)39(27-55)28-56)10-11-48(9-5-7-46)20-34-16-31(3)17-40(43(34)59)44(60)45-37(23-51)24-52/h12-17,37-39,51-56H,4-11,18-28H2,1-3H3,(H2-2,45,57,58,59,60)/p+2. The van der Waals surface area contributed by atoms with Gasteiger partial charge in [-0.05, 0) is 83.6 Å². The minimum Gasteiger partial charge on any atom is -0.507 e. The van der Waals surface area contributed by atoms with Crippen LogP contribution < -0.4 is 5.32 Å². The quantitative estimate of drug-likeness (QED) is 0.0701. The van der Waals surface area contributed by atoms with E-state index in [0.29, 0.717) is 103 Å². The average Bonchev–Trinajstić information content (AvgIpc) is 3.27. The molecule has 18 nitrogen and oxygen atoms in total. The Hall–Kier alpha value is -4.63. The minimum atomic E-state index is -1.03. The highest BCUT2D eigenvalue weighted by atomic mass is 16.3. The smallest absolute Gasteiger partial charge is 0.255 e. The van der Waals surface area contributed by atoms with Crippen molar-refractivity contribution < 1.29 is 60.3 Å². The first-order valence-electron chi connectivity index (χ1n) is 21.1. The largest absolute Gasteiger partial charge is 0.507 e. The number of carbonyl (C=O) groups is 1. The van der Waals surface area contributed by atoms with Gasteiger partial charge in [0.15, 0.2) is 0 Å². The third-order valence-electron chi connectivity index (χ3n) is 11.3. The molecule has 1 heterocycles. The van der Waals surface area contributed by atoms with E-state index in [9.17, 15) is 60.6 Å². The molecule has 0 aliphatic carbocycles. The van der Waals surface area contributed by atoms with Gasteiger partial charge >= 0.3 is 0 Å². The molecule has 0 bridgehead atoms. The lowest BCUT2D eigenvalue weighted by atomic mass is 10.0. The van der Waals surface area contributed by atoms with Crippen molar-refractivity contribution in [2.45, 2.75) is 84.5 Å². The number of carbonyl (C=O) groups excluding carboxylic acids is 1. The molecule has 4 rings (SSSR count). The molecule has 0 unspecified atom stereocenters. The van der Waals surface area contributed by atoms with E-state index >= 15 is 0 Å². The molecule has 1 amide bonds. The van der Waals surface area contributed by atoms with Crippen LogP contribution in [-0.2, 0) is 32.7 Å². The van der Waals surface area contributed by atoms with Gasteiger partial charge in [0.2, 0.25) is 25.2 Å². The van der Waals surface area contributed by atoms with Crippen molar-refractivity contribution in [3.63, 3.8) is 0 Å². The van der Waals surface area contributed by atoms with E-state index in [1.165, 1.54) is 0 Å². The Bertz CT molecular complexity index is 1970. The van der Waals surface area contributed by atoms with Gasteiger partial charge in [-0.2, -0.15) is 0 Å². The Balaban J connectivity index is 1.65. The van der Waals surface area contributed by atoms with Crippen molar-refractivity contribution in [2.75, 3.05) is 78.9 Å². The van der Waals surface area contributed by atoms with Crippen molar-refractivity contribution >= 4 is 5.91 Å². The van der Waals surface area contributed by atoms with Crippen LogP contribution in [0.2, 0.25) is 0 Å². The molecule has 0 saturated carbocycles. The molecule has 0 atom stereocenters. The van der Waals surface area contributed by atoms with Gasteiger partial charge in [0.1, 0.15) is 43.7 Å². The van der Waals surface area contributed by atoms with Crippen LogP contribution in [0.1, 0.15) is 67.7 Å². The average molecular weight is 871 g/mol. The Morgan fingerprint density at radius 3 is 1.24 bits per heavy atom. The van der Waals surface area contributed by atoms with Crippen LogP contribution in [0.3, 0.4) is 0 Å². The third kappa shape index (κ3) is 13.9. The summed E-state index contributed by atoms with van der Waals surface area (Å²) in [7, 11) is 0. The third-order valence-corrected chi connectivity index (χ3v) is 11.3. The van der Waals surface area contributed by atoms with Crippen LogP contribution in [0, 0.1) is 30.6 Å². The lowest BCUT2D eigenvalue weighted by Crippen LogP contribution is -2.40. The summed E-state index contributed by atoms with van der Waals surface area (Å²) < 4.78 is 1.11. The molecule has 1 aliphatic rings. The highest BCUT2D eigenvalue weighted by Gasteiger charge is 2.28. The SMILES string of the molecule is Cc1cc(CN2CCCN(Cc3cc(C)cc(C[N+](=O)C(CO)CO)c3O)CCN(Cc3cc(C)cc(C(=O)NC(CO)CO)c3O)CCC2)c(O)c(C[N+](=O)C(CO)CO)c1. The lowest BCUT2D eigenvalue weighted by Gasteiger charge is -2.28. The number of phenols is 3. The van der Waals surface area contributed by atoms with Crippen LogP contribution in [0.15, 0.2) is 36.4 Å². The zero-order valence-corrected chi connectivity index (χ0v) is 36.1. The van der Waals surface area contributed by atoms with Crippen LogP contribution in [0.25, 0.3) is 0 Å². The summed E-state index contributed by atoms with van der Waals surface area (Å²) in [5, 5.41) is 94.0. The van der Waals surface area contributed by atoms with Crippen LogP contribution in [-0.4, -0.2) is 173 Å². The van der Waals surface area contributed by atoms with Crippen LogP contribution in [0.4, 0.5) is 0 Å². The second-order valence-electron chi connectivity index (χ2n) is 16.4. The molecule has 1 fully saturated rings. The topological polar surface area (TPSA) is 261 Å². The zero-order valence-electron chi connectivity index (χ0n) is 36.1. The number of nitrogens with zero attached hydrogens (tertiary/aromatic N) is 5. The molecule has 10 N–H and O–H groups in total. The van der Waals surface area contributed by atoms with Crippen molar-refractivity contribution in [1.29, 1.82) is 0 Å². The van der Waals surface area contributed by atoms with E-state index in [4.69, 9.17) is 0 Å². The predicted molar refractivity (Wildman–Crippen MR) is 230 cm³/mol. The van der Waals surface area contributed by atoms with E-state index in [-0.39, 0.29) is 42.4 Å². The molecule has 3 aromatic carbocycles. The molecule has 1 saturated heterocycles. The second-order valence-corrected chi connectivity index (χ2v) is 16.4. The first-order valence-corrected chi connectivity index (χ1v) is 21.1. The fraction of sp³-hybridized carbons (Fsp3) is 0.568. The number of amides is 1. The number of hydrogen-bond donors (Lipinski definition) is 10. The van der Waals surface area contributed by atoms with Crippen LogP contribution >= 0.6 is 0 Å². The Morgan fingerprint density at radius 1 is 0.532 bits per heavy atom. The zero-order chi connectivity index (χ0) is 45.5. The van der Waals surface area contributed by atoms with Crippen LogP contribution in [0.5, 0.6) is 17.2 Å². The highest BCUT2D eigenvalue weighted by molar-refractivity contribution is 5.97. The summed E-state index contributed by atoms with van der Waals surface area (Å²) in [4.78, 5) is 45.2. The molecule has 0 aromatic heterocycles. The van der Waals surface area contributed by atoms with Crippen molar-refractivity contribution in [1.82, 2.24) is 20.0 Å². The number of aryl methyl sites for hydroxylation is 3. The van der Waals surface area contributed by atoms with Crippen molar-refractivity contribution in [3.05, 3.63) is 96.3 Å². The maximum atomic E-state index is 13.2. The number of rotatable bonds is 20.